The van der Waals surface area contributed by atoms with E-state index in [2.05, 4.69) is 10.1 Å². The first kappa shape index (κ1) is 17.6. The molecule has 1 saturated heterocycles. The number of anilines is 1. The Hall–Kier alpha value is -2.18. The van der Waals surface area contributed by atoms with Gasteiger partial charge in [-0.25, -0.2) is 0 Å². The first-order chi connectivity index (χ1) is 11.6. The summed E-state index contributed by atoms with van der Waals surface area (Å²) in [6.45, 7) is 0.805. The number of amides is 1. The molecule has 7 heteroatoms. The van der Waals surface area contributed by atoms with Gasteiger partial charge in [-0.05, 0) is 49.5 Å². The SMILES string of the molecule is Cl.NC1(c2noc(/C=C/c3ccc(N4CCCC4=O)cc3)n2)CCC1. The van der Waals surface area contributed by atoms with E-state index in [4.69, 9.17) is 10.3 Å². The van der Waals surface area contributed by atoms with Gasteiger partial charge in [-0.3, -0.25) is 4.79 Å². The lowest BCUT2D eigenvalue weighted by Gasteiger charge is -2.34. The average Bonchev–Trinajstić information content (AvgIpc) is 3.20. The third-order valence-electron chi connectivity index (χ3n) is 4.83. The summed E-state index contributed by atoms with van der Waals surface area (Å²) >= 11 is 0. The van der Waals surface area contributed by atoms with Gasteiger partial charge in [-0.15, -0.1) is 12.4 Å². The highest BCUT2D eigenvalue weighted by atomic mass is 35.5. The quantitative estimate of drug-likeness (QED) is 0.905. The second-order valence-electron chi connectivity index (χ2n) is 6.54. The first-order valence-electron chi connectivity index (χ1n) is 8.36. The number of nitrogens with two attached hydrogens (primary N) is 1. The van der Waals surface area contributed by atoms with Gasteiger partial charge in [0.15, 0.2) is 5.82 Å². The number of hydrogen-bond acceptors (Lipinski definition) is 5. The maximum atomic E-state index is 11.8. The summed E-state index contributed by atoms with van der Waals surface area (Å²) in [7, 11) is 0. The standard InChI is InChI=1S/C18H20N4O2.ClH/c19-18(10-2-11-18)17-20-15(24-21-17)9-6-13-4-7-14(8-5-13)22-12-1-3-16(22)23;/h4-9H,1-3,10-12,19H2;1H/b9-6+;. The van der Waals surface area contributed by atoms with E-state index >= 15 is 0 Å². The summed E-state index contributed by atoms with van der Waals surface area (Å²) < 4.78 is 5.25. The number of hydrogen-bond donors (Lipinski definition) is 1. The smallest absolute Gasteiger partial charge is 0.250 e. The molecule has 2 heterocycles. The topological polar surface area (TPSA) is 85.2 Å². The van der Waals surface area contributed by atoms with E-state index in [0.717, 1.165) is 43.5 Å². The second kappa shape index (κ2) is 6.98. The van der Waals surface area contributed by atoms with Gasteiger partial charge in [0, 0.05) is 24.7 Å². The van der Waals surface area contributed by atoms with Gasteiger partial charge >= 0.3 is 0 Å². The van der Waals surface area contributed by atoms with E-state index in [-0.39, 0.29) is 18.3 Å². The monoisotopic (exact) mass is 360 g/mol. The molecular formula is C18H21ClN4O2. The zero-order valence-corrected chi connectivity index (χ0v) is 14.7. The van der Waals surface area contributed by atoms with Gasteiger partial charge in [0.2, 0.25) is 5.91 Å². The van der Waals surface area contributed by atoms with Crippen molar-refractivity contribution in [3.05, 3.63) is 41.5 Å². The molecule has 0 radical (unpaired) electrons. The number of carbonyl (C=O) groups excluding carboxylic acids is 1. The van der Waals surface area contributed by atoms with Crippen molar-refractivity contribution in [3.63, 3.8) is 0 Å². The van der Waals surface area contributed by atoms with Crippen LogP contribution in [0.1, 0.15) is 49.4 Å². The molecule has 2 fully saturated rings. The number of rotatable bonds is 4. The summed E-state index contributed by atoms with van der Waals surface area (Å²) in [6, 6.07) is 7.88. The summed E-state index contributed by atoms with van der Waals surface area (Å²) in [4.78, 5) is 18.0. The van der Waals surface area contributed by atoms with Crippen LogP contribution in [0.4, 0.5) is 5.69 Å². The Morgan fingerprint density at radius 3 is 2.52 bits per heavy atom. The Morgan fingerprint density at radius 1 is 1.16 bits per heavy atom. The molecule has 1 aliphatic carbocycles. The van der Waals surface area contributed by atoms with Crippen molar-refractivity contribution < 1.29 is 9.32 Å². The largest absolute Gasteiger partial charge is 0.335 e. The van der Waals surface area contributed by atoms with Crippen molar-refractivity contribution in [1.29, 1.82) is 0 Å². The van der Waals surface area contributed by atoms with E-state index in [1.165, 1.54) is 0 Å². The molecule has 25 heavy (non-hydrogen) atoms. The summed E-state index contributed by atoms with van der Waals surface area (Å²) in [5.74, 6) is 1.25. The minimum absolute atomic E-state index is 0. The van der Waals surface area contributed by atoms with Crippen LogP contribution in [0.3, 0.4) is 0 Å². The third-order valence-corrected chi connectivity index (χ3v) is 4.83. The van der Waals surface area contributed by atoms with E-state index < -0.39 is 5.54 Å². The molecule has 1 aromatic carbocycles. The van der Waals surface area contributed by atoms with Crippen LogP contribution in [0.2, 0.25) is 0 Å². The van der Waals surface area contributed by atoms with Gasteiger partial charge in [-0.1, -0.05) is 17.3 Å². The molecule has 2 aromatic rings. The maximum absolute atomic E-state index is 11.8. The lowest BCUT2D eigenvalue weighted by Crippen LogP contribution is -2.44. The molecule has 2 N–H and O–H groups in total. The minimum Gasteiger partial charge on any atom is -0.335 e. The number of carbonyl (C=O) groups is 1. The van der Waals surface area contributed by atoms with Gasteiger partial charge < -0.3 is 15.2 Å². The van der Waals surface area contributed by atoms with Gasteiger partial charge in [0.05, 0.1) is 5.54 Å². The molecule has 0 spiro atoms. The van der Waals surface area contributed by atoms with Crippen molar-refractivity contribution in [1.82, 2.24) is 10.1 Å². The Balaban J connectivity index is 0.00000182. The summed E-state index contributed by atoms with van der Waals surface area (Å²) in [5, 5.41) is 3.99. The fraction of sp³-hybridized carbons (Fsp3) is 0.389. The molecule has 0 atom stereocenters. The van der Waals surface area contributed by atoms with Crippen LogP contribution in [-0.2, 0) is 10.3 Å². The van der Waals surface area contributed by atoms with Crippen molar-refractivity contribution in [3.8, 4) is 0 Å². The van der Waals surface area contributed by atoms with Crippen LogP contribution in [-0.4, -0.2) is 22.6 Å². The number of aromatic nitrogens is 2. The van der Waals surface area contributed by atoms with Crippen molar-refractivity contribution >= 4 is 36.2 Å². The molecule has 1 aliphatic heterocycles. The van der Waals surface area contributed by atoms with Crippen LogP contribution in [0.5, 0.6) is 0 Å². The Labute approximate surface area is 152 Å². The summed E-state index contributed by atoms with van der Waals surface area (Å²) in [5.41, 5.74) is 7.75. The maximum Gasteiger partial charge on any atom is 0.250 e. The van der Waals surface area contributed by atoms with Crippen LogP contribution in [0.25, 0.3) is 12.2 Å². The van der Waals surface area contributed by atoms with Crippen LogP contribution in [0, 0.1) is 0 Å². The van der Waals surface area contributed by atoms with Crippen molar-refractivity contribution in [2.24, 2.45) is 5.73 Å². The molecule has 2 aliphatic rings. The number of nitrogens with zero attached hydrogens (tertiary/aromatic N) is 3. The van der Waals surface area contributed by atoms with Gasteiger partial charge in [-0.2, -0.15) is 4.98 Å². The zero-order valence-electron chi connectivity index (χ0n) is 13.9. The van der Waals surface area contributed by atoms with E-state index in [0.29, 0.717) is 18.1 Å². The number of benzene rings is 1. The lowest BCUT2D eigenvalue weighted by atomic mass is 9.77. The van der Waals surface area contributed by atoms with Gasteiger partial charge in [0.1, 0.15) is 0 Å². The highest BCUT2D eigenvalue weighted by Crippen LogP contribution is 2.36. The minimum atomic E-state index is -0.403. The number of halogens is 1. The average molecular weight is 361 g/mol. The Kier molecular flexibility index (Phi) is 4.92. The summed E-state index contributed by atoms with van der Waals surface area (Å²) in [6.07, 6.45) is 8.21. The van der Waals surface area contributed by atoms with Crippen molar-refractivity contribution in [2.45, 2.75) is 37.6 Å². The molecule has 1 aromatic heterocycles. The molecular weight excluding hydrogens is 340 g/mol. The molecule has 6 nitrogen and oxygen atoms in total. The third kappa shape index (κ3) is 3.45. The fourth-order valence-corrected chi connectivity index (χ4v) is 3.14. The molecule has 1 amide bonds. The molecule has 1 saturated carbocycles. The van der Waals surface area contributed by atoms with Crippen LogP contribution >= 0.6 is 12.4 Å². The van der Waals surface area contributed by atoms with E-state index in [1.807, 2.05) is 35.2 Å². The highest BCUT2D eigenvalue weighted by molar-refractivity contribution is 5.95. The Morgan fingerprint density at radius 2 is 1.92 bits per heavy atom. The van der Waals surface area contributed by atoms with E-state index in [9.17, 15) is 4.79 Å². The predicted molar refractivity (Wildman–Crippen MR) is 98.2 cm³/mol. The Bertz CT molecular complexity index is 781. The fourth-order valence-electron chi connectivity index (χ4n) is 3.14. The lowest BCUT2D eigenvalue weighted by molar-refractivity contribution is -0.117. The molecule has 0 bridgehead atoms. The molecule has 132 valence electrons. The van der Waals surface area contributed by atoms with Crippen LogP contribution < -0.4 is 10.6 Å². The van der Waals surface area contributed by atoms with Crippen LogP contribution in [0.15, 0.2) is 28.8 Å². The van der Waals surface area contributed by atoms with E-state index in [1.54, 1.807) is 6.08 Å². The normalized spacial score (nSPS) is 19.1. The zero-order chi connectivity index (χ0) is 16.6. The van der Waals surface area contributed by atoms with Gasteiger partial charge in [0.25, 0.3) is 5.89 Å². The first-order valence-corrected chi connectivity index (χ1v) is 8.36. The molecule has 0 unspecified atom stereocenters. The van der Waals surface area contributed by atoms with Crippen molar-refractivity contribution in [2.75, 3.05) is 11.4 Å². The predicted octanol–water partition coefficient (Wildman–Crippen LogP) is 3.13. The molecule has 4 rings (SSSR count). The second-order valence-corrected chi connectivity index (χ2v) is 6.54. The highest BCUT2D eigenvalue weighted by Gasteiger charge is 2.38.